The Morgan fingerprint density at radius 3 is 2.41 bits per heavy atom. The topological polar surface area (TPSA) is 105 Å². The highest BCUT2D eigenvalue weighted by Crippen LogP contribution is 2.24. The van der Waals surface area contributed by atoms with Crippen LogP contribution in [0.4, 0.5) is 0 Å². The van der Waals surface area contributed by atoms with Gasteiger partial charge in [-0.25, -0.2) is 13.2 Å². The number of nitrogens with zero attached hydrogens (tertiary/aromatic N) is 2. The number of benzene rings is 1. The number of aliphatic imine (C=N–C) groups is 1. The molecule has 0 saturated carbocycles. The molecule has 0 bridgehead atoms. The van der Waals surface area contributed by atoms with Gasteiger partial charge in [-0.3, -0.25) is 14.5 Å². The first-order chi connectivity index (χ1) is 13.7. The fourth-order valence-corrected chi connectivity index (χ4v) is 4.75. The van der Waals surface area contributed by atoms with Crippen LogP contribution in [0, 0.1) is 5.92 Å². The summed E-state index contributed by atoms with van der Waals surface area (Å²) in [7, 11) is -3.70. The van der Waals surface area contributed by atoms with Gasteiger partial charge in [-0.2, -0.15) is 0 Å². The zero-order chi connectivity index (χ0) is 21.2. The SMILES string of the molecule is CC(C)[C@H](N=C1NS(=O)(=O)c2ccccc21)C(=O)O[C@@H](C)C(=O)N1CCCCC1. The normalized spacial score (nSPS) is 21.4. The highest BCUT2D eigenvalue weighted by molar-refractivity contribution is 7.90. The van der Waals surface area contributed by atoms with E-state index < -0.39 is 28.1 Å². The number of hydrogen-bond donors (Lipinski definition) is 1. The average molecular weight is 422 g/mol. The van der Waals surface area contributed by atoms with Gasteiger partial charge < -0.3 is 9.64 Å². The monoisotopic (exact) mass is 421 g/mol. The lowest BCUT2D eigenvalue weighted by Gasteiger charge is -2.29. The summed E-state index contributed by atoms with van der Waals surface area (Å²) >= 11 is 0. The van der Waals surface area contributed by atoms with Crippen molar-refractivity contribution in [1.29, 1.82) is 0 Å². The van der Waals surface area contributed by atoms with E-state index in [4.69, 9.17) is 4.74 Å². The summed E-state index contributed by atoms with van der Waals surface area (Å²) in [6.07, 6.45) is 2.10. The van der Waals surface area contributed by atoms with Crippen LogP contribution in [-0.4, -0.2) is 56.3 Å². The molecule has 1 N–H and O–H groups in total. The Balaban J connectivity index is 1.77. The smallest absolute Gasteiger partial charge is 0.331 e. The van der Waals surface area contributed by atoms with Crippen molar-refractivity contribution in [2.75, 3.05) is 13.1 Å². The fourth-order valence-electron chi connectivity index (χ4n) is 3.51. The largest absolute Gasteiger partial charge is 0.451 e. The molecular weight excluding hydrogens is 394 g/mol. The van der Waals surface area contributed by atoms with E-state index in [0.29, 0.717) is 18.7 Å². The summed E-state index contributed by atoms with van der Waals surface area (Å²) in [6, 6.07) is 5.52. The van der Waals surface area contributed by atoms with Gasteiger partial charge in [-0.05, 0) is 44.2 Å². The molecule has 2 aliphatic heterocycles. The molecule has 2 atom stereocenters. The highest BCUT2D eigenvalue weighted by atomic mass is 32.2. The predicted octanol–water partition coefficient (Wildman–Crippen LogP) is 1.69. The van der Waals surface area contributed by atoms with Crippen LogP contribution < -0.4 is 4.72 Å². The van der Waals surface area contributed by atoms with Gasteiger partial charge in [0.25, 0.3) is 15.9 Å². The van der Waals surface area contributed by atoms with Crippen molar-refractivity contribution in [3.63, 3.8) is 0 Å². The van der Waals surface area contributed by atoms with Crippen LogP contribution in [-0.2, 0) is 24.3 Å². The molecule has 0 aromatic heterocycles. The number of amides is 1. The lowest BCUT2D eigenvalue weighted by atomic mass is 10.0. The Morgan fingerprint density at radius 2 is 1.76 bits per heavy atom. The highest BCUT2D eigenvalue weighted by Gasteiger charge is 2.34. The number of carbonyl (C=O) groups is 2. The number of piperidine rings is 1. The van der Waals surface area contributed by atoms with E-state index in [1.54, 1.807) is 43.9 Å². The quantitative estimate of drug-likeness (QED) is 0.729. The number of carbonyl (C=O) groups excluding carboxylic acids is 2. The van der Waals surface area contributed by atoms with Crippen molar-refractivity contribution in [3.05, 3.63) is 29.8 Å². The predicted molar refractivity (Wildman–Crippen MR) is 108 cm³/mol. The van der Waals surface area contributed by atoms with E-state index in [0.717, 1.165) is 19.3 Å². The molecular formula is C20H27N3O5S. The Kier molecular flexibility index (Phi) is 6.26. The molecule has 1 saturated heterocycles. The Labute approximate surface area is 171 Å². The molecule has 1 aromatic carbocycles. The maximum absolute atomic E-state index is 12.8. The number of amidine groups is 1. The minimum Gasteiger partial charge on any atom is -0.451 e. The number of nitrogens with one attached hydrogen (secondary N) is 1. The molecule has 2 heterocycles. The molecule has 9 heteroatoms. The molecule has 158 valence electrons. The third-order valence-electron chi connectivity index (χ3n) is 5.11. The minimum absolute atomic E-state index is 0.117. The molecule has 1 fully saturated rings. The van der Waals surface area contributed by atoms with Crippen LogP contribution in [0.1, 0.15) is 45.6 Å². The molecule has 8 nitrogen and oxygen atoms in total. The molecule has 1 aromatic rings. The first-order valence-corrected chi connectivity index (χ1v) is 11.4. The van der Waals surface area contributed by atoms with Gasteiger partial charge in [0.1, 0.15) is 5.84 Å². The van der Waals surface area contributed by atoms with Gasteiger partial charge in [0, 0.05) is 18.7 Å². The molecule has 0 radical (unpaired) electrons. The van der Waals surface area contributed by atoms with E-state index in [1.807, 2.05) is 0 Å². The summed E-state index contributed by atoms with van der Waals surface area (Å²) in [5.41, 5.74) is 0.420. The summed E-state index contributed by atoms with van der Waals surface area (Å²) in [6.45, 7) is 6.50. The van der Waals surface area contributed by atoms with Crippen LogP contribution in [0.25, 0.3) is 0 Å². The van der Waals surface area contributed by atoms with Crippen LogP contribution in [0.5, 0.6) is 0 Å². The van der Waals surface area contributed by atoms with Crippen molar-refractivity contribution < 1.29 is 22.7 Å². The lowest BCUT2D eigenvalue weighted by molar-refractivity contribution is -0.161. The zero-order valence-corrected chi connectivity index (χ0v) is 17.7. The van der Waals surface area contributed by atoms with Crippen LogP contribution in [0.15, 0.2) is 34.2 Å². The van der Waals surface area contributed by atoms with E-state index in [1.165, 1.54) is 6.07 Å². The average Bonchev–Trinajstić information content (AvgIpc) is 2.96. The van der Waals surface area contributed by atoms with Gasteiger partial charge in [-0.1, -0.05) is 26.0 Å². The van der Waals surface area contributed by atoms with Gasteiger partial charge in [0.05, 0.1) is 4.90 Å². The number of fused-ring (bicyclic) bond motifs is 1. The van der Waals surface area contributed by atoms with Gasteiger partial charge in [0.15, 0.2) is 12.1 Å². The molecule has 2 aliphatic rings. The van der Waals surface area contributed by atoms with E-state index in [9.17, 15) is 18.0 Å². The van der Waals surface area contributed by atoms with Gasteiger partial charge in [-0.15, -0.1) is 0 Å². The van der Waals surface area contributed by atoms with Crippen LogP contribution in [0.3, 0.4) is 0 Å². The van der Waals surface area contributed by atoms with Crippen molar-refractivity contribution >= 4 is 27.7 Å². The molecule has 3 rings (SSSR count). The van der Waals surface area contributed by atoms with Crippen LogP contribution >= 0.6 is 0 Å². The summed E-state index contributed by atoms with van der Waals surface area (Å²) in [5, 5.41) is 0. The third kappa shape index (κ3) is 4.60. The maximum Gasteiger partial charge on any atom is 0.331 e. The third-order valence-corrected chi connectivity index (χ3v) is 6.51. The lowest BCUT2D eigenvalue weighted by Crippen LogP contribution is -2.44. The fraction of sp³-hybridized carbons (Fsp3) is 0.550. The molecule has 1 amide bonds. The standard InChI is InChI=1S/C20H27N3O5S/c1-13(2)17(20(25)28-14(3)19(24)23-11-7-4-8-12-23)21-18-15-9-5-6-10-16(15)29(26,27)22-18/h5-6,9-10,13-14,17H,4,7-8,11-12H2,1-3H3,(H,21,22)/t14-,17-/m0/s1. The first kappa shape index (κ1) is 21.3. The molecule has 0 aliphatic carbocycles. The number of sulfonamides is 1. The summed E-state index contributed by atoms with van der Waals surface area (Å²) < 4.78 is 32.4. The van der Waals surface area contributed by atoms with Gasteiger partial charge in [0.2, 0.25) is 0 Å². The molecule has 0 spiro atoms. The van der Waals surface area contributed by atoms with Gasteiger partial charge >= 0.3 is 5.97 Å². The Morgan fingerprint density at radius 1 is 1.10 bits per heavy atom. The Bertz CT molecular complexity index is 920. The number of hydrogen-bond acceptors (Lipinski definition) is 6. The van der Waals surface area contributed by atoms with Crippen LogP contribution in [0.2, 0.25) is 0 Å². The molecule has 0 unspecified atom stereocenters. The van der Waals surface area contributed by atoms with Crippen molar-refractivity contribution in [2.45, 2.75) is 57.1 Å². The summed E-state index contributed by atoms with van der Waals surface area (Å²) in [4.78, 5) is 31.5. The number of ether oxygens (including phenoxy) is 1. The van der Waals surface area contributed by atoms with E-state index >= 15 is 0 Å². The number of rotatable bonds is 5. The van der Waals surface area contributed by atoms with E-state index in [2.05, 4.69) is 9.71 Å². The minimum atomic E-state index is -3.70. The Hall–Kier alpha value is -2.42. The first-order valence-electron chi connectivity index (χ1n) is 9.90. The summed E-state index contributed by atoms with van der Waals surface area (Å²) in [5.74, 6) is -0.982. The maximum atomic E-state index is 12.8. The van der Waals surface area contributed by atoms with E-state index in [-0.39, 0.29) is 22.6 Å². The number of esters is 1. The second kappa shape index (κ2) is 8.52. The molecule has 29 heavy (non-hydrogen) atoms. The van der Waals surface area contributed by atoms with Crippen molar-refractivity contribution in [1.82, 2.24) is 9.62 Å². The number of likely N-dealkylation sites (tertiary alicyclic amines) is 1. The second-order valence-electron chi connectivity index (χ2n) is 7.73. The van der Waals surface area contributed by atoms with Crippen molar-refractivity contribution in [3.8, 4) is 0 Å². The second-order valence-corrected chi connectivity index (χ2v) is 9.38. The van der Waals surface area contributed by atoms with Crippen molar-refractivity contribution in [2.24, 2.45) is 10.9 Å². The zero-order valence-electron chi connectivity index (χ0n) is 16.9.